The Bertz CT molecular complexity index is 904. The first-order valence-electron chi connectivity index (χ1n) is 8.79. The summed E-state index contributed by atoms with van der Waals surface area (Å²) in [5.41, 5.74) is 1.23. The van der Waals surface area contributed by atoms with Gasteiger partial charge in [-0.25, -0.2) is 4.79 Å². The molecule has 2 aromatic rings. The van der Waals surface area contributed by atoms with E-state index < -0.39 is 0 Å². The number of hydrogen-bond acceptors (Lipinski definition) is 5. The van der Waals surface area contributed by atoms with Crippen LogP contribution in [0.3, 0.4) is 0 Å². The molecule has 1 aliphatic rings. The van der Waals surface area contributed by atoms with Gasteiger partial charge in [-0.15, -0.1) is 0 Å². The maximum atomic E-state index is 12.6. The Kier molecular flexibility index (Phi) is 7.20. The third-order valence-electron chi connectivity index (χ3n) is 4.70. The summed E-state index contributed by atoms with van der Waals surface area (Å²) in [7, 11) is 1.37. The van der Waals surface area contributed by atoms with E-state index in [1.165, 1.54) is 11.7 Å². The number of aromatic hydroxyl groups is 1. The zero-order valence-corrected chi connectivity index (χ0v) is 19.7. The van der Waals surface area contributed by atoms with Crippen LogP contribution < -0.4 is 5.56 Å². The molecule has 0 bridgehead atoms. The Morgan fingerprint density at radius 2 is 1.75 bits per heavy atom. The number of ether oxygens (including phenoxy) is 1. The SMILES string of the molecule is COC(=O)N1CCN(Cc2ccn(Cc3cc(I)cc(I)c3)c(=O)c2O)CC1. The van der Waals surface area contributed by atoms with E-state index in [0.29, 0.717) is 44.8 Å². The Morgan fingerprint density at radius 1 is 1.11 bits per heavy atom. The van der Waals surface area contributed by atoms with E-state index in [4.69, 9.17) is 4.74 Å². The minimum Gasteiger partial charge on any atom is -0.503 e. The Morgan fingerprint density at radius 3 is 2.36 bits per heavy atom. The predicted octanol–water partition coefficient (Wildman–Crippen LogP) is 2.70. The minimum atomic E-state index is -0.389. The fourth-order valence-corrected chi connectivity index (χ4v) is 5.28. The molecule has 0 atom stereocenters. The van der Waals surface area contributed by atoms with Crippen molar-refractivity contribution in [2.75, 3.05) is 33.3 Å². The lowest BCUT2D eigenvalue weighted by atomic mass is 10.2. The largest absolute Gasteiger partial charge is 0.503 e. The number of nitrogens with zero attached hydrogens (tertiary/aromatic N) is 3. The van der Waals surface area contributed by atoms with Gasteiger partial charge in [0.1, 0.15) is 0 Å². The number of halogens is 2. The molecule has 28 heavy (non-hydrogen) atoms. The van der Waals surface area contributed by atoms with Gasteiger partial charge in [0.25, 0.3) is 5.56 Å². The van der Waals surface area contributed by atoms with Gasteiger partial charge in [0.15, 0.2) is 5.75 Å². The van der Waals surface area contributed by atoms with Gasteiger partial charge in [-0.1, -0.05) is 0 Å². The van der Waals surface area contributed by atoms with Gasteiger partial charge in [-0.2, -0.15) is 0 Å². The molecule has 0 radical (unpaired) electrons. The highest BCUT2D eigenvalue weighted by Crippen LogP contribution is 2.18. The maximum Gasteiger partial charge on any atom is 0.409 e. The van der Waals surface area contributed by atoms with Crippen molar-refractivity contribution >= 4 is 51.3 Å². The van der Waals surface area contributed by atoms with Crippen LogP contribution in [-0.2, 0) is 17.8 Å². The zero-order valence-electron chi connectivity index (χ0n) is 15.4. The summed E-state index contributed by atoms with van der Waals surface area (Å²) < 4.78 is 8.48. The van der Waals surface area contributed by atoms with Gasteiger partial charge < -0.3 is 19.3 Å². The van der Waals surface area contributed by atoms with Gasteiger partial charge in [0.2, 0.25) is 0 Å². The highest BCUT2D eigenvalue weighted by molar-refractivity contribution is 14.1. The lowest BCUT2D eigenvalue weighted by Crippen LogP contribution is -2.48. The second-order valence-corrected chi connectivity index (χ2v) is 9.12. The van der Waals surface area contributed by atoms with Gasteiger partial charge in [0, 0.05) is 51.6 Å². The van der Waals surface area contributed by atoms with Crippen LogP contribution in [-0.4, -0.2) is 58.9 Å². The molecule has 0 saturated carbocycles. The topological polar surface area (TPSA) is 75.0 Å². The summed E-state index contributed by atoms with van der Waals surface area (Å²) in [6.45, 7) is 3.35. The first-order chi connectivity index (χ1) is 13.4. The van der Waals surface area contributed by atoms with Crippen LogP contribution in [0.15, 0.2) is 35.3 Å². The third kappa shape index (κ3) is 5.17. The third-order valence-corrected chi connectivity index (χ3v) is 5.94. The molecule has 1 saturated heterocycles. The lowest BCUT2D eigenvalue weighted by Gasteiger charge is -2.33. The monoisotopic (exact) mass is 609 g/mol. The first-order valence-corrected chi connectivity index (χ1v) is 10.9. The molecule has 1 aromatic heterocycles. The van der Waals surface area contributed by atoms with Crippen molar-refractivity contribution in [1.82, 2.24) is 14.4 Å². The van der Waals surface area contributed by atoms with E-state index in [1.807, 2.05) is 12.1 Å². The van der Waals surface area contributed by atoms with Gasteiger partial charge in [-0.05, 0) is 75.0 Å². The fourth-order valence-electron chi connectivity index (χ4n) is 3.21. The molecule has 3 rings (SSSR count). The van der Waals surface area contributed by atoms with E-state index in [-0.39, 0.29) is 17.4 Å². The van der Waals surface area contributed by atoms with E-state index in [9.17, 15) is 14.7 Å². The molecule has 1 aromatic carbocycles. The Hall–Kier alpha value is -1.34. The molecule has 2 heterocycles. The summed E-state index contributed by atoms with van der Waals surface area (Å²) >= 11 is 4.51. The molecule has 1 amide bonds. The minimum absolute atomic E-state index is 0.210. The molecule has 9 heteroatoms. The number of methoxy groups -OCH3 is 1. The number of aromatic nitrogens is 1. The number of piperazine rings is 1. The van der Waals surface area contributed by atoms with Crippen LogP contribution in [0.1, 0.15) is 11.1 Å². The van der Waals surface area contributed by atoms with Crippen molar-refractivity contribution in [1.29, 1.82) is 0 Å². The molecule has 1 N–H and O–H groups in total. The summed E-state index contributed by atoms with van der Waals surface area (Å²) in [4.78, 5) is 27.9. The average Bonchev–Trinajstić information content (AvgIpc) is 2.67. The lowest BCUT2D eigenvalue weighted by molar-refractivity contribution is 0.0885. The normalized spacial score (nSPS) is 14.9. The zero-order chi connectivity index (χ0) is 20.3. The Balaban J connectivity index is 1.69. The molecule has 150 valence electrons. The van der Waals surface area contributed by atoms with Crippen LogP contribution in [0.5, 0.6) is 5.75 Å². The highest BCUT2D eigenvalue weighted by atomic mass is 127. The molecule has 7 nitrogen and oxygen atoms in total. The standard InChI is InChI=1S/C19H21I2N3O4/c1-28-19(27)23-6-4-22(5-7-23)12-14-2-3-24(18(26)17(14)25)11-13-8-15(20)10-16(21)9-13/h2-3,8-10,25H,4-7,11-12H2,1H3. The van der Waals surface area contributed by atoms with E-state index in [2.05, 4.69) is 56.1 Å². The second-order valence-electron chi connectivity index (χ2n) is 6.63. The molecular formula is C19H21I2N3O4. The van der Waals surface area contributed by atoms with E-state index in [0.717, 1.165) is 12.7 Å². The van der Waals surface area contributed by atoms with Gasteiger partial charge in [0.05, 0.1) is 13.7 Å². The highest BCUT2D eigenvalue weighted by Gasteiger charge is 2.22. The van der Waals surface area contributed by atoms with Gasteiger partial charge in [-0.3, -0.25) is 9.69 Å². The molecule has 0 spiro atoms. The summed E-state index contributed by atoms with van der Waals surface area (Å²) in [6.07, 6.45) is 1.41. The van der Waals surface area contributed by atoms with E-state index >= 15 is 0 Å². The summed E-state index contributed by atoms with van der Waals surface area (Å²) in [6, 6.07) is 7.91. The molecule has 0 aliphatic carbocycles. The predicted molar refractivity (Wildman–Crippen MR) is 123 cm³/mol. The van der Waals surface area contributed by atoms with Crippen molar-refractivity contribution in [3.05, 3.63) is 59.1 Å². The van der Waals surface area contributed by atoms with Crippen LogP contribution in [0.4, 0.5) is 4.79 Å². The number of carbonyl (C=O) groups is 1. The van der Waals surface area contributed by atoms with Crippen molar-refractivity contribution < 1.29 is 14.6 Å². The molecule has 0 unspecified atom stereocenters. The number of pyridine rings is 1. The number of amides is 1. The van der Waals surface area contributed by atoms with Gasteiger partial charge >= 0.3 is 6.09 Å². The van der Waals surface area contributed by atoms with Crippen LogP contribution >= 0.6 is 45.2 Å². The van der Waals surface area contributed by atoms with Crippen LogP contribution in [0, 0.1) is 7.14 Å². The molecule has 1 fully saturated rings. The van der Waals surface area contributed by atoms with Crippen molar-refractivity contribution in [2.24, 2.45) is 0 Å². The molecule has 1 aliphatic heterocycles. The Labute approximate surface area is 190 Å². The summed E-state index contributed by atoms with van der Waals surface area (Å²) in [5, 5.41) is 10.4. The number of rotatable bonds is 4. The van der Waals surface area contributed by atoms with Crippen molar-refractivity contribution in [2.45, 2.75) is 13.1 Å². The number of benzene rings is 1. The smallest absolute Gasteiger partial charge is 0.409 e. The van der Waals surface area contributed by atoms with Crippen molar-refractivity contribution in [3.8, 4) is 5.75 Å². The quantitative estimate of drug-likeness (QED) is 0.541. The first kappa shape index (κ1) is 21.4. The van der Waals surface area contributed by atoms with Crippen LogP contribution in [0.2, 0.25) is 0 Å². The second kappa shape index (κ2) is 9.44. The summed E-state index contributed by atoms with van der Waals surface area (Å²) in [5.74, 6) is -0.210. The number of hydrogen-bond donors (Lipinski definition) is 1. The fraction of sp³-hybridized carbons (Fsp3) is 0.368. The van der Waals surface area contributed by atoms with E-state index in [1.54, 1.807) is 17.2 Å². The number of carbonyl (C=O) groups excluding carboxylic acids is 1. The maximum absolute atomic E-state index is 12.6. The van der Waals surface area contributed by atoms with Crippen molar-refractivity contribution in [3.63, 3.8) is 0 Å². The van der Waals surface area contributed by atoms with Crippen LogP contribution in [0.25, 0.3) is 0 Å². The average molecular weight is 609 g/mol. The molecular weight excluding hydrogens is 588 g/mol.